The molecule has 2 aromatic heterocycles. The van der Waals surface area contributed by atoms with Gasteiger partial charge in [-0.3, -0.25) is 0 Å². The Labute approximate surface area is 114 Å². The molecule has 0 radical (unpaired) electrons. The second kappa shape index (κ2) is 6.13. The Morgan fingerprint density at radius 3 is 2.89 bits per heavy atom. The number of carbonyl (C=O) groups is 1. The van der Waals surface area contributed by atoms with E-state index in [1.807, 2.05) is 6.07 Å². The smallest absolute Gasteiger partial charge is 0.345 e. The van der Waals surface area contributed by atoms with Crippen molar-refractivity contribution in [3.8, 4) is 0 Å². The molecule has 2 aromatic rings. The highest BCUT2D eigenvalue weighted by Crippen LogP contribution is 2.16. The van der Waals surface area contributed by atoms with E-state index in [1.54, 1.807) is 17.4 Å². The van der Waals surface area contributed by atoms with Crippen molar-refractivity contribution >= 4 is 28.6 Å². The van der Waals surface area contributed by atoms with E-state index in [-0.39, 0.29) is 0 Å². The van der Waals surface area contributed by atoms with Crippen LogP contribution in [0.2, 0.25) is 0 Å². The summed E-state index contributed by atoms with van der Waals surface area (Å²) in [6.07, 6.45) is 1.00. The molecule has 0 aromatic carbocycles. The molecule has 0 aliphatic rings. The lowest BCUT2D eigenvalue weighted by Crippen LogP contribution is -2.26. The minimum absolute atomic E-state index is 0.384. The number of rotatable bonds is 6. The van der Waals surface area contributed by atoms with Crippen LogP contribution >= 0.6 is 22.7 Å². The standard InChI is InChI=1S/C13H15NO2S2/c1-9(6-10-4-5-17-8-10)14-7-11-2-3-12(18-11)13(15)16/h2-5,8-9,14H,6-7H2,1H3,(H,15,16). The van der Waals surface area contributed by atoms with Gasteiger partial charge in [-0.1, -0.05) is 0 Å². The van der Waals surface area contributed by atoms with E-state index in [1.165, 1.54) is 16.9 Å². The van der Waals surface area contributed by atoms with Crippen molar-refractivity contribution < 1.29 is 9.90 Å². The van der Waals surface area contributed by atoms with Crippen LogP contribution < -0.4 is 5.32 Å². The normalized spacial score (nSPS) is 12.5. The Bertz CT molecular complexity index is 505. The number of aromatic carboxylic acids is 1. The summed E-state index contributed by atoms with van der Waals surface area (Å²) < 4.78 is 0. The van der Waals surface area contributed by atoms with Crippen LogP contribution in [-0.4, -0.2) is 17.1 Å². The van der Waals surface area contributed by atoms with Gasteiger partial charge in [0.15, 0.2) is 0 Å². The first-order chi connectivity index (χ1) is 8.65. The maximum Gasteiger partial charge on any atom is 0.345 e. The van der Waals surface area contributed by atoms with E-state index in [0.29, 0.717) is 10.9 Å². The fraction of sp³-hybridized carbons (Fsp3) is 0.308. The van der Waals surface area contributed by atoms with Crippen molar-refractivity contribution in [1.82, 2.24) is 5.32 Å². The fourth-order valence-electron chi connectivity index (χ4n) is 1.70. The average Bonchev–Trinajstić information content (AvgIpc) is 2.96. The zero-order chi connectivity index (χ0) is 13.0. The number of carboxylic acid groups (broad SMARTS) is 1. The number of thiophene rings is 2. The zero-order valence-electron chi connectivity index (χ0n) is 10.1. The molecule has 2 rings (SSSR count). The molecule has 0 aliphatic carbocycles. The first-order valence-corrected chi connectivity index (χ1v) is 7.47. The van der Waals surface area contributed by atoms with Crippen molar-refractivity contribution in [3.05, 3.63) is 44.3 Å². The van der Waals surface area contributed by atoms with E-state index in [0.717, 1.165) is 17.8 Å². The maximum absolute atomic E-state index is 10.8. The molecule has 0 aliphatic heterocycles. The third kappa shape index (κ3) is 3.66. The second-order valence-electron chi connectivity index (χ2n) is 4.19. The van der Waals surface area contributed by atoms with Gasteiger partial charge in [0.25, 0.3) is 0 Å². The van der Waals surface area contributed by atoms with E-state index in [4.69, 9.17) is 5.11 Å². The third-order valence-corrected chi connectivity index (χ3v) is 4.42. The molecule has 0 bridgehead atoms. The van der Waals surface area contributed by atoms with Gasteiger partial charge in [-0.05, 0) is 47.9 Å². The molecule has 2 N–H and O–H groups in total. The first-order valence-electron chi connectivity index (χ1n) is 5.71. The summed E-state index contributed by atoms with van der Waals surface area (Å²) in [5, 5.41) is 16.5. The summed E-state index contributed by atoms with van der Waals surface area (Å²) >= 11 is 3.04. The highest BCUT2D eigenvalue weighted by atomic mass is 32.1. The molecular formula is C13H15NO2S2. The molecule has 96 valence electrons. The van der Waals surface area contributed by atoms with Crippen LogP contribution in [0.15, 0.2) is 29.0 Å². The SMILES string of the molecule is CC(Cc1ccsc1)NCc1ccc(C(=O)O)s1. The molecule has 0 saturated carbocycles. The first kappa shape index (κ1) is 13.3. The number of hydrogen-bond donors (Lipinski definition) is 2. The van der Waals surface area contributed by atoms with Gasteiger partial charge in [-0.2, -0.15) is 11.3 Å². The Morgan fingerprint density at radius 2 is 2.28 bits per heavy atom. The van der Waals surface area contributed by atoms with E-state index in [2.05, 4.69) is 29.1 Å². The van der Waals surface area contributed by atoms with Crippen LogP contribution in [-0.2, 0) is 13.0 Å². The molecule has 0 saturated heterocycles. The summed E-state index contributed by atoms with van der Waals surface area (Å²) in [5.41, 5.74) is 1.34. The number of carboxylic acids is 1. The molecular weight excluding hydrogens is 266 g/mol. The van der Waals surface area contributed by atoms with Crippen LogP contribution in [0, 0.1) is 0 Å². The van der Waals surface area contributed by atoms with E-state index in [9.17, 15) is 4.79 Å². The van der Waals surface area contributed by atoms with Crippen molar-refractivity contribution in [1.29, 1.82) is 0 Å². The highest BCUT2D eigenvalue weighted by molar-refractivity contribution is 7.13. The average molecular weight is 281 g/mol. The summed E-state index contributed by atoms with van der Waals surface area (Å²) in [4.78, 5) is 12.2. The van der Waals surface area contributed by atoms with E-state index < -0.39 is 5.97 Å². The third-order valence-electron chi connectivity index (χ3n) is 2.62. The molecule has 0 fully saturated rings. The topological polar surface area (TPSA) is 49.3 Å². The van der Waals surface area contributed by atoms with Crippen molar-refractivity contribution in [2.45, 2.75) is 25.9 Å². The molecule has 18 heavy (non-hydrogen) atoms. The van der Waals surface area contributed by atoms with Gasteiger partial charge in [0.05, 0.1) is 0 Å². The summed E-state index contributed by atoms with van der Waals surface area (Å²) in [7, 11) is 0. The molecule has 0 amide bonds. The second-order valence-corrected chi connectivity index (χ2v) is 6.14. The lowest BCUT2D eigenvalue weighted by Gasteiger charge is -2.11. The number of hydrogen-bond acceptors (Lipinski definition) is 4. The summed E-state index contributed by atoms with van der Waals surface area (Å²) in [6.45, 7) is 2.87. The number of nitrogens with one attached hydrogen (secondary N) is 1. The predicted molar refractivity (Wildman–Crippen MR) is 75.6 cm³/mol. The fourth-order valence-corrected chi connectivity index (χ4v) is 3.18. The van der Waals surface area contributed by atoms with Gasteiger partial charge >= 0.3 is 5.97 Å². The van der Waals surface area contributed by atoms with Crippen LogP contribution in [0.25, 0.3) is 0 Å². The minimum Gasteiger partial charge on any atom is -0.477 e. The van der Waals surface area contributed by atoms with Crippen LogP contribution in [0.1, 0.15) is 27.0 Å². The van der Waals surface area contributed by atoms with Gasteiger partial charge in [0, 0.05) is 17.5 Å². The zero-order valence-corrected chi connectivity index (χ0v) is 11.7. The van der Waals surface area contributed by atoms with Gasteiger partial charge in [0.2, 0.25) is 0 Å². The molecule has 3 nitrogen and oxygen atoms in total. The molecule has 5 heteroatoms. The van der Waals surface area contributed by atoms with Gasteiger partial charge in [-0.25, -0.2) is 4.79 Å². The van der Waals surface area contributed by atoms with Crippen molar-refractivity contribution in [2.75, 3.05) is 0 Å². The monoisotopic (exact) mass is 281 g/mol. The molecule has 2 heterocycles. The molecule has 0 spiro atoms. The summed E-state index contributed by atoms with van der Waals surface area (Å²) in [6, 6.07) is 6.05. The Morgan fingerprint density at radius 1 is 1.44 bits per heavy atom. The van der Waals surface area contributed by atoms with Crippen molar-refractivity contribution in [2.24, 2.45) is 0 Å². The van der Waals surface area contributed by atoms with Gasteiger partial charge in [0.1, 0.15) is 4.88 Å². The predicted octanol–water partition coefficient (Wildman–Crippen LogP) is 3.23. The molecule has 1 unspecified atom stereocenters. The maximum atomic E-state index is 10.8. The van der Waals surface area contributed by atoms with E-state index >= 15 is 0 Å². The lowest BCUT2D eigenvalue weighted by atomic mass is 10.1. The van der Waals surface area contributed by atoms with Crippen LogP contribution in [0.5, 0.6) is 0 Å². The quantitative estimate of drug-likeness (QED) is 0.854. The van der Waals surface area contributed by atoms with Crippen molar-refractivity contribution in [3.63, 3.8) is 0 Å². The summed E-state index contributed by atoms with van der Waals surface area (Å²) in [5.74, 6) is -0.849. The Balaban J connectivity index is 1.81. The van der Waals surface area contributed by atoms with Gasteiger partial charge in [-0.15, -0.1) is 11.3 Å². The molecule has 1 atom stereocenters. The van der Waals surface area contributed by atoms with Gasteiger partial charge < -0.3 is 10.4 Å². The van der Waals surface area contributed by atoms with Crippen LogP contribution in [0.3, 0.4) is 0 Å². The highest BCUT2D eigenvalue weighted by Gasteiger charge is 2.08. The Hall–Kier alpha value is -1.17. The largest absolute Gasteiger partial charge is 0.477 e. The Kier molecular flexibility index (Phi) is 4.52. The minimum atomic E-state index is -0.849. The lowest BCUT2D eigenvalue weighted by molar-refractivity contribution is 0.0702. The van der Waals surface area contributed by atoms with Crippen LogP contribution in [0.4, 0.5) is 0 Å².